The summed E-state index contributed by atoms with van der Waals surface area (Å²) in [5.74, 6) is 0.751. The largest absolute Gasteiger partial charge is 0.381 e. The molecule has 0 radical (unpaired) electrons. The Balaban J connectivity index is 2.18. The second-order valence-electron chi connectivity index (χ2n) is 4.48. The van der Waals surface area contributed by atoms with E-state index >= 15 is 0 Å². The molecule has 5 heteroatoms. The van der Waals surface area contributed by atoms with Crippen LogP contribution in [-0.2, 0) is 14.6 Å². The second kappa shape index (κ2) is 5.82. The summed E-state index contributed by atoms with van der Waals surface area (Å²) < 4.78 is 27.4. The first kappa shape index (κ1) is 12.9. The lowest BCUT2D eigenvalue weighted by Gasteiger charge is -2.24. The molecule has 1 fully saturated rings. The molecule has 2 atom stereocenters. The Hall–Kier alpha value is -0.130. The minimum atomic E-state index is -2.87. The first-order chi connectivity index (χ1) is 6.97. The van der Waals surface area contributed by atoms with Gasteiger partial charge in [0.25, 0.3) is 0 Å². The van der Waals surface area contributed by atoms with E-state index in [1.807, 2.05) is 6.92 Å². The molecule has 1 aliphatic rings. The zero-order valence-corrected chi connectivity index (χ0v) is 10.3. The van der Waals surface area contributed by atoms with Crippen molar-refractivity contribution in [3.63, 3.8) is 0 Å². The fraction of sp³-hybridized carbons (Fsp3) is 1.00. The van der Waals surface area contributed by atoms with Crippen LogP contribution in [0.1, 0.15) is 19.8 Å². The molecule has 0 aromatic rings. The quantitative estimate of drug-likeness (QED) is 0.751. The van der Waals surface area contributed by atoms with Crippen molar-refractivity contribution in [3.05, 3.63) is 0 Å². The summed E-state index contributed by atoms with van der Waals surface area (Å²) in [7, 11) is -2.87. The molecule has 0 aromatic carbocycles. The van der Waals surface area contributed by atoms with Gasteiger partial charge in [0.15, 0.2) is 0 Å². The molecule has 1 saturated heterocycles. The van der Waals surface area contributed by atoms with Gasteiger partial charge in [-0.25, -0.2) is 8.42 Å². The number of ether oxygens (including phenoxy) is 1. The molecule has 0 bridgehead atoms. The average Bonchev–Trinajstić information content (AvgIpc) is 2.14. The first-order valence-corrected chi connectivity index (χ1v) is 7.52. The molecule has 0 saturated carbocycles. The van der Waals surface area contributed by atoms with Crippen molar-refractivity contribution in [2.24, 2.45) is 5.92 Å². The minimum Gasteiger partial charge on any atom is -0.381 e. The third-order valence-corrected chi connectivity index (χ3v) is 3.67. The Labute approximate surface area is 92.3 Å². The van der Waals surface area contributed by atoms with Crippen molar-refractivity contribution in [3.8, 4) is 0 Å². The van der Waals surface area contributed by atoms with Crippen LogP contribution in [0.15, 0.2) is 0 Å². The summed E-state index contributed by atoms with van der Waals surface area (Å²) in [4.78, 5) is 0. The number of rotatable bonds is 5. The third-order valence-electron chi connectivity index (χ3n) is 2.56. The van der Waals surface area contributed by atoms with Crippen LogP contribution >= 0.6 is 0 Å². The van der Waals surface area contributed by atoms with E-state index < -0.39 is 9.84 Å². The molecule has 0 aliphatic carbocycles. The van der Waals surface area contributed by atoms with Crippen LogP contribution in [0.25, 0.3) is 0 Å². The standard InChI is InChI=1S/C10H21NO3S/c1-9(8-15(2,12)13)11-6-10-4-3-5-14-7-10/h9-11H,3-8H2,1-2H3. The van der Waals surface area contributed by atoms with E-state index in [4.69, 9.17) is 4.74 Å². The summed E-state index contributed by atoms with van der Waals surface area (Å²) in [5.41, 5.74) is 0. The lowest BCUT2D eigenvalue weighted by atomic mass is 10.0. The number of hydrogen-bond donors (Lipinski definition) is 1. The normalized spacial score (nSPS) is 25.1. The fourth-order valence-electron chi connectivity index (χ4n) is 1.85. The Morgan fingerprint density at radius 3 is 2.80 bits per heavy atom. The van der Waals surface area contributed by atoms with Gasteiger partial charge in [-0.15, -0.1) is 0 Å². The van der Waals surface area contributed by atoms with Crippen molar-refractivity contribution in [2.45, 2.75) is 25.8 Å². The monoisotopic (exact) mass is 235 g/mol. The van der Waals surface area contributed by atoms with E-state index in [9.17, 15) is 8.42 Å². The van der Waals surface area contributed by atoms with Crippen molar-refractivity contribution in [1.82, 2.24) is 5.32 Å². The zero-order chi connectivity index (χ0) is 11.3. The van der Waals surface area contributed by atoms with Crippen LogP contribution in [0.2, 0.25) is 0 Å². The van der Waals surface area contributed by atoms with Crippen LogP contribution in [0.4, 0.5) is 0 Å². The van der Waals surface area contributed by atoms with E-state index in [2.05, 4.69) is 5.32 Å². The van der Waals surface area contributed by atoms with E-state index in [0.717, 1.165) is 26.2 Å². The Morgan fingerprint density at radius 1 is 1.53 bits per heavy atom. The first-order valence-electron chi connectivity index (χ1n) is 5.46. The van der Waals surface area contributed by atoms with Crippen LogP contribution in [0, 0.1) is 5.92 Å². The highest BCUT2D eigenvalue weighted by atomic mass is 32.2. The van der Waals surface area contributed by atoms with E-state index in [1.54, 1.807) is 0 Å². The second-order valence-corrected chi connectivity index (χ2v) is 6.67. The lowest BCUT2D eigenvalue weighted by Crippen LogP contribution is -2.38. The average molecular weight is 235 g/mol. The van der Waals surface area contributed by atoms with Gasteiger partial charge >= 0.3 is 0 Å². The summed E-state index contributed by atoms with van der Waals surface area (Å²) >= 11 is 0. The topological polar surface area (TPSA) is 55.4 Å². The van der Waals surface area contributed by atoms with Gasteiger partial charge in [-0.2, -0.15) is 0 Å². The van der Waals surface area contributed by atoms with E-state index in [1.165, 1.54) is 12.7 Å². The van der Waals surface area contributed by atoms with Gasteiger partial charge in [-0.1, -0.05) is 0 Å². The Kier molecular flexibility index (Phi) is 5.02. The van der Waals surface area contributed by atoms with E-state index in [-0.39, 0.29) is 11.8 Å². The molecular weight excluding hydrogens is 214 g/mol. The van der Waals surface area contributed by atoms with Crippen LogP contribution in [0.3, 0.4) is 0 Å². The molecule has 90 valence electrons. The molecule has 15 heavy (non-hydrogen) atoms. The summed E-state index contributed by atoms with van der Waals surface area (Å²) in [5, 5.41) is 3.25. The number of hydrogen-bond acceptors (Lipinski definition) is 4. The van der Waals surface area contributed by atoms with Gasteiger partial charge < -0.3 is 10.1 Å². The molecule has 2 unspecified atom stereocenters. The van der Waals surface area contributed by atoms with Crippen LogP contribution in [0.5, 0.6) is 0 Å². The molecule has 0 spiro atoms. The SMILES string of the molecule is CC(CS(C)(=O)=O)NCC1CCCOC1. The van der Waals surface area contributed by atoms with Crippen molar-refractivity contribution < 1.29 is 13.2 Å². The highest BCUT2D eigenvalue weighted by Crippen LogP contribution is 2.12. The van der Waals surface area contributed by atoms with Gasteiger partial charge in [0.05, 0.1) is 12.4 Å². The minimum absolute atomic E-state index is 0.0296. The van der Waals surface area contributed by atoms with E-state index in [0.29, 0.717) is 5.92 Å². The maximum absolute atomic E-state index is 11.0. The van der Waals surface area contributed by atoms with Gasteiger partial charge in [0.2, 0.25) is 0 Å². The predicted octanol–water partition coefficient (Wildman–Crippen LogP) is 0.436. The summed E-state index contributed by atoms with van der Waals surface area (Å²) in [6, 6.07) is 0.0296. The fourth-order valence-corrected chi connectivity index (χ4v) is 2.88. The van der Waals surface area contributed by atoms with Gasteiger partial charge in [-0.3, -0.25) is 0 Å². The predicted molar refractivity (Wildman–Crippen MR) is 60.7 cm³/mol. The van der Waals surface area contributed by atoms with Gasteiger partial charge in [0.1, 0.15) is 9.84 Å². The Bertz CT molecular complexity index is 270. The highest BCUT2D eigenvalue weighted by molar-refractivity contribution is 7.90. The number of sulfone groups is 1. The van der Waals surface area contributed by atoms with Gasteiger partial charge in [0, 0.05) is 25.4 Å². The van der Waals surface area contributed by atoms with Gasteiger partial charge in [-0.05, 0) is 25.7 Å². The molecule has 0 amide bonds. The third kappa shape index (κ3) is 6.12. The van der Waals surface area contributed by atoms with Crippen LogP contribution < -0.4 is 5.32 Å². The van der Waals surface area contributed by atoms with Crippen molar-refractivity contribution >= 4 is 9.84 Å². The molecule has 1 heterocycles. The summed E-state index contributed by atoms with van der Waals surface area (Å²) in [6.07, 6.45) is 3.57. The molecule has 1 N–H and O–H groups in total. The molecule has 1 rings (SSSR count). The molecular formula is C10H21NO3S. The smallest absolute Gasteiger partial charge is 0.148 e. The maximum atomic E-state index is 11.0. The molecule has 4 nitrogen and oxygen atoms in total. The lowest BCUT2D eigenvalue weighted by molar-refractivity contribution is 0.0542. The molecule has 0 aromatic heterocycles. The zero-order valence-electron chi connectivity index (χ0n) is 9.53. The number of nitrogens with one attached hydrogen (secondary N) is 1. The van der Waals surface area contributed by atoms with Crippen molar-refractivity contribution in [1.29, 1.82) is 0 Å². The maximum Gasteiger partial charge on any atom is 0.148 e. The Morgan fingerprint density at radius 2 is 2.27 bits per heavy atom. The van der Waals surface area contributed by atoms with Crippen molar-refractivity contribution in [2.75, 3.05) is 31.8 Å². The van der Waals surface area contributed by atoms with Crippen LogP contribution in [-0.4, -0.2) is 46.2 Å². The summed E-state index contributed by atoms with van der Waals surface area (Å²) in [6.45, 7) is 4.44. The molecule has 1 aliphatic heterocycles. The highest BCUT2D eigenvalue weighted by Gasteiger charge is 2.16.